The molecule has 0 saturated carbocycles. The fraction of sp³-hybridized carbons (Fsp3) is 0.807. The number of allylic oxidation sites excluding steroid dienone is 8. The Morgan fingerprint density at radius 2 is 0.571 bits per heavy atom. The Morgan fingerprint density at radius 1 is 0.317 bits per heavy atom. The Kier molecular flexibility index (Phi) is 49.8. The highest BCUT2D eigenvalue weighted by molar-refractivity contribution is 5.71. The molecule has 0 heterocycles. The molecule has 0 aliphatic carbocycles. The van der Waals surface area contributed by atoms with Gasteiger partial charge in [-0.05, 0) is 83.5 Å². The van der Waals surface area contributed by atoms with Crippen molar-refractivity contribution in [1.29, 1.82) is 0 Å². The van der Waals surface area contributed by atoms with Gasteiger partial charge < -0.3 is 14.2 Å². The first-order valence-electron chi connectivity index (χ1n) is 27.1. The van der Waals surface area contributed by atoms with Crippen LogP contribution >= 0.6 is 0 Å². The average Bonchev–Trinajstić information content (AvgIpc) is 3.28. The molecular weight excluding hydrogens is 781 g/mol. The molecule has 0 fully saturated rings. The minimum Gasteiger partial charge on any atom is -0.462 e. The standard InChI is InChI=1S/C57H102O6/c1-4-7-10-13-16-19-22-24-26-28-30-31-33-35-38-41-44-47-50-56(59)62-53-54(52-61-55(58)49-46-43-40-37-21-18-15-12-9-6-3)63-57(60)51-48-45-42-39-36-34-32-29-27-25-23-20-17-14-11-8-5-2/h17,19-20,22,25-28,54H,4-16,18,21,23-24,29-53H2,1-3H3/b20-17-,22-19-,27-25-,28-26-. The van der Waals surface area contributed by atoms with E-state index in [-0.39, 0.29) is 31.1 Å². The molecule has 0 saturated heterocycles. The fourth-order valence-electron chi connectivity index (χ4n) is 7.68. The van der Waals surface area contributed by atoms with Crippen LogP contribution in [0.15, 0.2) is 48.6 Å². The Labute approximate surface area is 390 Å². The van der Waals surface area contributed by atoms with Crippen LogP contribution in [0.5, 0.6) is 0 Å². The summed E-state index contributed by atoms with van der Waals surface area (Å²) in [6, 6.07) is 0. The van der Waals surface area contributed by atoms with Gasteiger partial charge in [0.2, 0.25) is 0 Å². The van der Waals surface area contributed by atoms with Gasteiger partial charge in [-0.15, -0.1) is 0 Å². The number of hydrogen-bond acceptors (Lipinski definition) is 6. The van der Waals surface area contributed by atoms with Gasteiger partial charge in [-0.3, -0.25) is 14.4 Å². The lowest BCUT2D eigenvalue weighted by Gasteiger charge is -2.18. The minimum atomic E-state index is -0.777. The molecule has 63 heavy (non-hydrogen) atoms. The van der Waals surface area contributed by atoms with Crippen molar-refractivity contribution in [3.8, 4) is 0 Å². The lowest BCUT2D eigenvalue weighted by atomic mass is 10.1. The highest BCUT2D eigenvalue weighted by Crippen LogP contribution is 2.15. The van der Waals surface area contributed by atoms with Crippen molar-refractivity contribution in [2.75, 3.05) is 13.2 Å². The van der Waals surface area contributed by atoms with Crippen molar-refractivity contribution in [3.63, 3.8) is 0 Å². The quantitative estimate of drug-likeness (QED) is 0.0262. The van der Waals surface area contributed by atoms with Crippen molar-refractivity contribution in [2.24, 2.45) is 0 Å². The molecule has 0 aliphatic rings. The topological polar surface area (TPSA) is 78.9 Å². The van der Waals surface area contributed by atoms with Crippen LogP contribution in [0.3, 0.4) is 0 Å². The fourth-order valence-corrected chi connectivity index (χ4v) is 7.68. The van der Waals surface area contributed by atoms with E-state index in [2.05, 4.69) is 69.4 Å². The molecule has 6 heteroatoms. The van der Waals surface area contributed by atoms with E-state index in [4.69, 9.17) is 14.2 Å². The summed E-state index contributed by atoms with van der Waals surface area (Å²) >= 11 is 0. The summed E-state index contributed by atoms with van der Waals surface area (Å²) in [7, 11) is 0. The van der Waals surface area contributed by atoms with Crippen LogP contribution in [0.4, 0.5) is 0 Å². The van der Waals surface area contributed by atoms with Crippen molar-refractivity contribution < 1.29 is 28.6 Å². The van der Waals surface area contributed by atoms with Crippen molar-refractivity contribution >= 4 is 17.9 Å². The van der Waals surface area contributed by atoms with Gasteiger partial charge in [0.05, 0.1) is 0 Å². The summed E-state index contributed by atoms with van der Waals surface area (Å²) in [6.07, 6.45) is 62.3. The first-order valence-corrected chi connectivity index (χ1v) is 27.1. The number of carbonyl (C=O) groups is 3. The maximum Gasteiger partial charge on any atom is 0.306 e. The molecule has 366 valence electrons. The van der Waals surface area contributed by atoms with Gasteiger partial charge in [0.15, 0.2) is 6.10 Å². The number of unbranched alkanes of at least 4 members (excludes halogenated alkanes) is 30. The van der Waals surface area contributed by atoms with Crippen molar-refractivity contribution in [3.05, 3.63) is 48.6 Å². The summed E-state index contributed by atoms with van der Waals surface area (Å²) in [5, 5.41) is 0. The normalized spacial score (nSPS) is 12.4. The Balaban J connectivity index is 4.34. The molecule has 0 aromatic rings. The Bertz CT molecular complexity index is 1110. The van der Waals surface area contributed by atoms with Crippen LogP contribution < -0.4 is 0 Å². The van der Waals surface area contributed by atoms with Gasteiger partial charge in [0.25, 0.3) is 0 Å². The average molecular weight is 883 g/mol. The third-order valence-corrected chi connectivity index (χ3v) is 11.8. The predicted molar refractivity (Wildman–Crippen MR) is 270 cm³/mol. The molecule has 0 aromatic heterocycles. The van der Waals surface area contributed by atoms with Gasteiger partial charge in [0, 0.05) is 19.3 Å². The highest BCUT2D eigenvalue weighted by Gasteiger charge is 2.19. The molecule has 0 aliphatic heterocycles. The predicted octanol–water partition coefficient (Wildman–Crippen LogP) is 17.9. The van der Waals surface area contributed by atoms with E-state index >= 15 is 0 Å². The SMILES string of the molecule is CCCCC/C=C\C/C=C\CCCCCCCCCC(=O)OC(COC(=O)CCCCCCCCC/C=C\C/C=C\CCCCCC)COC(=O)CCCCCCCCCCCC. The summed E-state index contributed by atoms with van der Waals surface area (Å²) in [6.45, 7) is 6.59. The third kappa shape index (κ3) is 50.2. The number of hydrogen-bond donors (Lipinski definition) is 0. The van der Waals surface area contributed by atoms with E-state index in [0.717, 1.165) is 83.5 Å². The van der Waals surface area contributed by atoms with Gasteiger partial charge in [-0.2, -0.15) is 0 Å². The Hall–Kier alpha value is -2.63. The zero-order valence-corrected chi connectivity index (χ0v) is 41.8. The zero-order chi connectivity index (χ0) is 45.8. The maximum atomic E-state index is 12.8. The van der Waals surface area contributed by atoms with Gasteiger partial charge in [-0.25, -0.2) is 0 Å². The second kappa shape index (κ2) is 52.0. The van der Waals surface area contributed by atoms with Crippen LogP contribution in [0.25, 0.3) is 0 Å². The number of esters is 3. The minimum absolute atomic E-state index is 0.0768. The number of carbonyl (C=O) groups excluding carboxylic acids is 3. The van der Waals surface area contributed by atoms with E-state index in [9.17, 15) is 14.4 Å². The van der Waals surface area contributed by atoms with Gasteiger partial charge >= 0.3 is 17.9 Å². The van der Waals surface area contributed by atoms with Crippen LogP contribution in [-0.4, -0.2) is 37.2 Å². The molecule has 0 radical (unpaired) electrons. The molecule has 6 nitrogen and oxygen atoms in total. The summed E-state index contributed by atoms with van der Waals surface area (Å²) in [5.74, 6) is -0.885. The second-order valence-corrected chi connectivity index (χ2v) is 18.1. The Morgan fingerprint density at radius 3 is 0.921 bits per heavy atom. The van der Waals surface area contributed by atoms with E-state index < -0.39 is 6.10 Å². The van der Waals surface area contributed by atoms with Crippen LogP contribution in [-0.2, 0) is 28.6 Å². The van der Waals surface area contributed by atoms with E-state index in [1.165, 1.54) is 154 Å². The van der Waals surface area contributed by atoms with Crippen LogP contribution in [0, 0.1) is 0 Å². The van der Waals surface area contributed by atoms with Crippen molar-refractivity contribution in [2.45, 2.75) is 284 Å². The molecule has 0 aromatic carbocycles. The van der Waals surface area contributed by atoms with E-state index in [1.807, 2.05) is 0 Å². The summed E-state index contributed by atoms with van der Waals surface area (Å²) in [4.78, 5) is 38.0. The molecule has 0 spiro atoms. The van der Waals surface area contributed by atoms with Crippen LogP contribution in [0.1, 0.15) is 278 Å². The molecular formula is C57H102O6. The molecule has 0 amide bonds. The molecule has 0 N–H and O–H groups in total. The number of rotatable bonds is 49. The largest absolute Gasteiger partial charge is 0.462 e. The second-order valence-electron chi connectivity index (χ2n) is 18.1. The maximum absolute atomic E-state index is 12.8. The summed E-state index contributed by atoms with van der Waals surface area (Å²) < 4.78 is 16.8. The van der Waals surface area contributed by atoms with E-state index in [0.29, 0.717) is 19.3 Å². The lowest BCUT2D eigenvalue weighted by Crippen LogP contribution is -2.30. The molecule has 0 rings (SSSR count). The zero-order valence-electron chi connectivity index (χ0n) is 41.8. The van der Waals surface area contributed by atoms with Crippen molar-refractivity contribution in [1.82, 2.24) is 0 Å². The first kappa shape index (κ1) is 60.4. The molecule has 1 unspecified atom stereocenters. The van der Waals surface area contributed by atoms with Gasteiger partial charge in [-0.1, -0.05) is 223 Å². The lowest BCUT2D eigenvalue weighted by molar-refractivity contribution is -0.167. The van der Waals surface area contributed by atoms with Gasteiger partial charge in [0.1, 0.15) is 13.2 Å². The third-order valence-electron chi connectivity index (χ3n) is 11.8. The molecule has 0 bridgehead atoms. The monoisotopic (exact) mass is 883 g/mol. The summed E-state index contributed by atoms with van der Waals surface area (Å²) in [5.41, 5.74) is 0. The van der Waals surface area contributed by atoms with Crippen LogP contribution in [0.2, 0.25) is 0 Å². The smallest absolute Gasteiger partial charge is 0.306 e. The first-order chi connectivity index (χ1) is 31.0. The molecule has 1 atom stereocenters. The number of ether oxygens (including phenoxy) is 3. The highest BCUT2D eigenvalue weighted by atomic mass is 16.6. The van der Waals surface area contributed by atoms with E-state index in [1.54, 1.807) is 0 Å².